The van der Waals surface area contributed by atoms with E-state index in [1.807, 2.05) is 0 Å². The molecule has 0 bridgehead atoms. The highest BCUT2D eigenvalue weighted by Crippen LogP contribution is 2.39. The van der Waals surface area contributed by atoms with Crippen LogP contribution in [0.1, 0.15) is 15.9 Å². The van der Waals surface area contributed by atoms with Crippen molar-refractivity contribution in [1.82, 2.24) is 4.98 Å². The molecule has 1 N–H and O–H groups in total. The van der Waals surface area contributed by atoms with Crippen LogP contribution in [0, 0.1) is 11.6 Å². The largest absolute Gasteiger partial charge is 0.416 e. The Labute approximate surface area is 158 Å². The predicted molar refractivity (Wildman–Crippen MR) is 91.9 cm³/mol. The normalized spacial score (nSPS) is 11.5. The van der Waals surface area contributed by atoms with Gasteiger partial charge < -0.3 is 0 Å². The molecule has 10 heteroatoms. The Hall–Kier alpha value is -2.52. The summed E-state index contributed by atoms with van der Waals surface area (Å²) in [6, 6.07) is 7.34. The standard InChI is InChI=1S/C17H8ClF5N2OS/c18-14-13(8-3-1-4-9(7-8)17(21,22)23)27-16(24-14)25-15(26)12-10(19)5-2-6-11(12)20/h1-7H,(H,24,25,26). The Morgan fingerprint density at radius 1 is 1.07 bits per heavy atom. The minimum atomic E-state index is -4.54. The molecular weight excluding hydrogens is 411 g/mol. The molecule has 3 rings (SSSR count). The summed E-state index contributed by atoms with van der Waals surface area (Å²) in [4.78, 5) is 16.1. The lowest BCUT2D eigenvalue weighted by molar-refractivity contribution is -0.137. The predicted octanol–water partition coefficient (Wildman–Crippen LogP) is 6.01. The molecule has 0 saturated carbocycles. The number of amides is 1. The molecule has 0 fully saturated rings. The summed E-state index contributed by atoms with van der Waals surface area (Å²) in [7, 11) is 0. The fourth-order valence-electron chi connectivity index (χ4n) is 2.24. The van der Waals surface area contributed by atoms with E-state index in [2.05, 4.69) is 10.3 Å². The zero-order chi connectivity index (χ0) is 19.8. The number of rotatable bonds is 3. The van der Waals surface area contributed by atoms with Crippen molar-refractivity contribution in [3.05, 3.63) is 70.4 Å². The number of hydrogen-bond donors (Lipinski definition) is 1. The van der Waals surface area contributed by atoms with E-state index >= 15 is 0 Å². The highest BCUT2D eigenvalue weighted by atomic mass is 35.5. The number of thiazole rings is 1. The molecule has 1 amide bonds. The van der Waals surface area contributed by atoms with Crippen molar-refractivity contribution in [3.63, 3.8) is 0 Å². The SMILES string of the molecule is O=C(Nc1nc(Cl)c(-c2cccc(C(F)(F)F)c2)s1)c1c(F)cccc1F. The number of carbonyl (C=O) groups is 1. The van der Waals surface area contributed by atoms with E-state index in [4.69, 9.17) is 11.6 Å². The molecule has 0 aliphatic carbocycles. The summed E-state index contributed by atoms with van der Waals surface area (Å²) in [6.45, 7) is 0. The first kappa shape index (κ1) is 19.2. The summed E-state index contributed by atoms with van der Waals surface area (Å²) in [6.07, 6.45) is -4.54. The average molecular weight is 419 g/mol. The van der Waals surface area contributed by atoms with Gasteiger partial charge in [-0.1, -0.05) is 41.1 Å². The average Bonchev–Trinajstić information content (AvgIpc) is 2.94. The molecular formula is C17H8ClF5N2OS. The van der Waals surface area contributed by atoms with Crippen molar-refractivity contribution in [3.8, 4) is 10.4 Å². The molecule has 0 radical (unpaired) electrons. The van der Waals surface area contributed by atoms with Gasteiger partial charge in [0.25, 0.3) is 5.91 Å². The maximum absolute atomic E-state index is 13.7. The number of alkyl halides is 3. The van der Waals surface area contributed by atoms with Crippen molar-refractivity contribution in [2.24, 2.45) is 0 Å². The van der Waals surface area contributed by atoms with Crippen LogP contribution in [0.5, 0.6) is 0 Å². The van der Waals surface area contributed by atoms with Crippen LogP contribution in [0.25, 0.3) is 10.4 Å². The number of benzene rings is 2. The van der Waals surface area contributed by atoms with Gasteiger partial charge in [-0.25, -0.2) is 13.8 Å². The Kier molecular flexibility index (Phi) is 5.16. The summed E-state index contributed by atoms with van der Waals surface area (Å²) < 4.78 is 65.9. The van der Waals surface area contributed by atoms with Crippen molar-refractivity contribution in [1.29, 1.82) is 0 Å². The summed E-state index contributed by atoms with van der Waals surface area (Å²) in [5.74, 6) is -3.21. The van der Waals surface area contributed by atoms with Gasteiger partial charge in [0, 0.05) is 0 Å². The van der Waals surface area contributed by atoms with E-state index in [1.54, 1.807) is 0 Å². The molecule has 27 heavy (non-hydrogen) atoms. The number of nitrogens with one attached hydrogen (secondary N) is 1. The van der Waals surface area contributed by atoms with Gasteiger partial charge in [0.05, 0.1) is 10.4 Å². The number of carbonyl (C=O) groups excluding carboxylic acids is 1. The lowest BCUT2D eigenvalue weighted by atomic mass is 10.1. The molecule has 140 valence electrons. The van der Waals surface area contributed by atoms with Crippen LogP contribution < -0.4 is 5.32 Å². The Morgan fingerprint density at radius 3 is 2.33 bits per heavy atom. The van der Waals surface area contributed by atoms with E-state index in [1.165, 1.54) is 12.1 Å². The van der Waals surface area contributed by atoms with Crippen LogP contribution in [0.3, 0.4) is 0 Å². The fraction of sp³-hybridized carbons (Fsp3) is 0.0588. The van der Waals surface area contributed by atoms with Gasteiger partial charge in [0.15, 0.2) is 5.13 Å². The first-order valence-electron chi connectivity index (χ1n) is 7.26. The summed E-state index contributed by atoms with van der Waals surface area (Å²) in [5.41, 5.74) is -1.53. The molecule has 1 aromatic heterocycles. The van der Waals surface area contributed by atoms with Gasteiger partial charge in [-0.3, -0.25) is 10.1 Å². The Bertz CT molecular complexity index is 999. The molecule has 3 nitrogen and oxygen atoms in total. The van der Waals surface area contributed by atoms with Gasteiger partial charge in [-0.2, -0.15) is 13.2 Å². The van der Waals surface area contributed by atoms with E-state index in [9.17, 15) is 26.7 Å². The van der Waals surface area contributed by atoms with Gasteiger partial charge in [0.1, 0.15) is 22.4 Å². The molecule has 1 heterocycles. The zero-order valence-corrected chi connectivity index (χ0v) is 14.6. The van der Waals surface area contributed by atoms with E-state index in [0.717, 1.165) is 41.7 Å². The molecule has 0 aliphatic rings. The third-order valence-electron chi connectivity index (χ3n) is 3.45. The number of aromatic nitrogens is 1. The van der Waals surface area contributed by atoms with Crippen LogP contribution in [-0.4, -0.2) is 10.9 Å². The van der Waals surface area contributed by atoms with E-state index in [0.29, 0.717) is 0 Å². The van der Waals surface area contributed by atoms with E-state index < -0.39 is 34.8 Å². The zero-order valence-electron chi connectivity index (χ0n) is 13.1. The van der Waals surface area contributed by atoms with Crippen LogP contribution in [0.2, 0.25) is 5.15 Å². The van der Waals surface area contributed by atoms with Gasteiger partial charge >= 0.3 is 6.18 Å². The van der Waals surface area contributed by atoms with Crippen molar-refractivity contribution < 1.29 is 26.7 Å². The number of anilines is 1. The summed E-state index contributed by atoms with van der Waals surface area (Å²) in [5, 5.41) is 1.94. The van der Waals surface area contributed by atoms with Crippen molar-refractivity contribution in [2.45, 2.75) is 6.18 Å². The molecule has 0 atom stereocenters. The maximum atomic E-state index is 13.7. The lowest BCUT2D eigenvalue weighted by Gasteiger charge is -2.07. The smallest absolute Gasteiger partial charge is 0.298 e. The van der Waals surface area contributed by atoms with Gasteiger partial charge in [-0.15, -0.1) is 0 Å². The van der Waals surface area contributed by atoms with Crippen LogP contribution in [0.4, 0.5) is 27.1 Å². The molecule has 0 spiro atoms. The van der Waals surface area contributed by atoms with Gasteiger partial charge in [-0.05, 0) is 29.8 Å². The molecule has 0 unspecified atom stereocenters. The third-order valence-corrected chi connectivity index (χ3v) is 4.85. The van der Waals surface area contributed by atoms with Crippen molar-refractivity contribution in [2.75, 3.05) is 5.32 Å². The van der Waals surface area contributed by atoms with E-state index in [-0.39, 0.29) is 20.7 Å². The fourth-order valence-corrected chi connectivity index (χ4v) is 3.45. The van der Waals surface area contributed by atoms with Crippen molar-refractivity contribution >= 4 is 34.0 Å². The second-order valence-corrected chi connectivity index (χ2v) is 6.63. The summed E-state index contributed by atoms with van der Waals surface area (Å²) >= 11 is 6.74. The number of halogens is 6. The van der Waals surface area contributed by atoms with Crippen LogP contribution in [-0.2, 0) is 6.18 Å². The second-order valence-electron chi connectivity index (χ2n) is 5.27. The highest BCUT2D eigenvalue weighted by Gasteiger charge is 2.31. The maximum Gasteiger partial charge on any atom is 0.416 e. The Morgan fingerprint density at radius 2 is 1.70 bits per heavy atom. The third kappa shape index (κ3) is 4.09. The highest BCUT2D eigenvalue weighted by molar-refractivity contribution is 7.19. The Balaban J connectivity index is 1.91. The number of nitrogens with zero attached hydrogens (tertiary/aromatic N) is 1. The first-order chi connectivity index (χ1) is 12.7. The first-order valence-corrected chi connectivity index (χ1v) is 8.45. The minimum Gasteiger partial charge on any atom is -0.298 e. The monoisotopic (exact) mass is 418 g/mol. The minimum absolute atomic E-state index is 0.111. The lowest BCUT2D eigenvalue weighted by Crippen LogP contribution is -2.15. The quantitative estimate of drug-likeness (QED) is 0.529. The molecule has 0 saturated heterocycles. The molecule has 0 aliphatic heterocycles. The molecule has 3 aromatic rings. The number of hydrogen-bond acceptors (Lipinski definition) is 3. The second kappa shape index (κ2) is 7.24. The van der Waals surface area contributed by atoms with Crippen LogP contribution >= 0.6 is 22.9 Å². The molecule has 2 aromatic carbocycles. The topological polar surface area (TPSA) is 42.0 Å². The van der Waals surface area contributed by atoms with Crippen LogP contribution in [0.15, 0.2) is 42.5 Å². The van der Waals surface area contributed by atoms with Gasteiger partial charge in [0.2, 0.25) is 0 Å².